The molecule has 0 fully saturated rings. The second-order valence-electron chi connectivity index (χ2n) is 4.65. The maximum atomic E-state index is 13.8. The Morgan fingerprint density at radius 2 is 1.74 bits per heavy atom. The molecular formula is C16H15Cl2F. The molecule has 0 nitrogen and oxygen atoms in total. The standard InChI is InChI=1S/C16H15Cl2F/c17-11-13(8-12-4-2-1-3-5-12)9-14-6-7-15(18)10-16(14)19/h1-7,10,13H,8-9,11H2. The second kappa shape index (κ2) is 6.93. The summed E-state index contributed by atoms with van der Waals surface area (Å²) in [5, 5.41) is 0.423. The van der Waals surface area contributed by atoms with Gasteiger partial charge in [-0.15, -0.1) is 11.6 Å². The van der Waals surface area contributed by atoms with E-state index in [1.165, 1.54) is 11.6 Å². The Balaban J connectivity index is 2.06. The van der Waals surface area contributed by atoms with Gasteiger partial charge in [0, 0.05) is 10.9 Å². The van der Waals surface area contributed by atoms with Gasteiger partial charge >= 0.3 is 0 Å². The van der Waals surface area contributed by atoms with Crippen molar-refractivity contribution in [1.29, 1.82) is 0 Å². The molecule has 2 aromatic rings. The molecule has 1 atom stereocenters. The Kier molecular flexibility index (Phi) is 5.24. The van der Waals surface area contributed by atoms with Gasteiger partial charge in [-0.05, 0) is 42.0 Å². The summed E-state index contributed by atoms with van der Waals surface area (Å²) >= 11 is 11.8. The zero-order valence-corrected chi connectivity index (χ0v) is 12.0. The van der Waals surface area contributed by atoms with Gasteiger partial charge < -0.3 is 0 Å². The van der Waals surface area contributed by atoms with Crippen LogP contribution in [0.5, 0.6) is 0 Å². The lowest BCUT2D eigenvalue weighted by molar-refractivity contribution is 0.546. The maximum absolute atomic E-state index is 13.8. The van der Waals surface area contributed by atoms with Gasteiger partial charge in [-0.25, -0.2) is 4.39 Å². The summed E-state index contributed by atoms with van der Waals surface area (Å²) in [6.45, 7) is 0. The van der Waals surface area contributed by atoms with E-state index in [2.05, 4.69) is 12.1 Å². The van der Waals surface area contributed by atoms with Gasteiger partial charge in [0.25, 0.3) is 0 Å². The lowest BCUT2D eigenvalue weighted by Gasteiger charge is -2.14. The average molecular weight is 297 g/mol. The first-order chi connectivity index (χ1) is 9.19. The summed E-state index contributed by atoms with van der Waals surface area (Å²) in [5.74, 6) is 0.479. The summed E-state index contributed by atoms with van der Waals surface area (Å²) in [4.78, 5) is 0. The monoisotopic (exact) mass is 296 g/mol. The van der Waals surface area contributed by atoms with Crippen LogP contribution in [0.3, 0.4) is 0 Å². The van der Waals surface area contributed by atoms with Crippen molar-refractivity contribution in [3.8, 4) is 0 Å². The smallest absolute Gasteiger partial charge is 0.127 e. The molecule has 0 N–H and O–H groups in total. The highest BCUT2D eigenvalue weighted by molar-refractivity contribution is 6.30. The predicted molar refractivity (Wildman–Crippen MR) is 79.5 cm³/mol. The molecule has 2 aromatic carbocycles. The van der Waals surface area contributed by atoms with E-state index in [-0.39, 0.29) is 11.7 Å². The lowest BCUT2D eigenvalue weighted by atomic mass is 9.94. The van der Waals surface area contributed by atoms with Crippen LogP contribution in [0.1, 0.15) is 11.1 Å². The fraction of sp³-hybridized carbons (Fsp3) is 0.250. The van der Waals surface area contributed by atoms with Gasteiger partial charge in [0.1, 0.15) is 5.82 Å². The zero-order chi connectivity index (χ0) is 13.7. The van der Waals surface area contributed by atoms with E-state index in [4.69, 9.17) is 23.2 Å². The molecule has 0 aliphatic rings. The Hall–Kier alpha value is -1.05. The Bertz CT molecular complexity index is 526. The Morgan fingerprint density at radius 3 is 2.37 bits per heavy atom. The Morgan fingerprint density at radius 1 is 1.00 bits per heavy atom. The van der Waals surface area contributed by atoms with Gasteiger partial charge in [-0.1, -0.05) is 48.0 Å². The molecule has 0 amide bonds. The summed E-state index contributed by atoms with van der Waals surface area (Å²) < 4.78 is 13.8. The molecule has 0 saturated heterocycles. The first kappa shape index (κ1) is 14.4. The van der Waals surface area contributed by atoms with E-state index in [0.29, 0.717) is 22.9 Å². The SMILES string of the molecule is Fc1cc(Cl)ccc1CC(CCl)Cc1ccccc1. The van der Waals surface area contributed by atoms with E-state index in [1.807, 2.05) is 18.2 Å². The van der Waals surface area contributed by atoms with Gasteiger partial charge in [0.2, 0.25) is 0 Å². The predicted octanol–water partition coefficient (Wildman–Crippen LogP) is 5.12. The molecule has 1 unspecified atom stereocenters. The number of benzene rings is 2. The minimum Gasteiger partial charge on any atom is -0.207 e. The van der Waals surface area contributed by atoms with Crippen LogP contribution in [0.4, 0.5) is 4.39 Å². The van der Waals surface area contributed by atoms with E-state index < -0.39 is 0 Å². The minimum absolute atomic E-state index is 0.222. The van der Waals surface area contributed by atoms with Crippen molar-refractivity contribution in [2.24, 2.45) is 5.92 Å². The highest BCUT2D eigenvalue weighted by atomic mass is 35.5. The maximum Gasteiger partial charge on any atom is 0.127 e. The molecule has 100 valence electrons. The first-order valence-electron chi connectivity index (χ1n) is 6.23. The number of halogens is 3. The molecule has 0 aromatic heterocycles. The topological polar surface area (TPSA) is 0 Å². The number of rotatable bonds is 5. The molecular weight excluding hydrogens is 282 g/mol. The summed E-state index contributed by atoms with van der Waals surface area (Å²) in [6.07, 6.45) is 1.48. The van der Waals surface area contributed by atoms with Gasteiger partial charge in [0.15, 0.2) is 0 Å². The molecule has 19 heavy (non-hydrogen) atoms. The molecule has 0 spiro atoms. The summed E-state index contributed by atoms with van der Waals surface area (Å²) in [7, 11) is 0. The van der Waals surface area contributed by atoms with Crippen molar-refractivity contribution >= 4 is 23.2 Å². The van der Waals surface area contributed by atoms with E-state index in [1.54, 1.807) is 12.1 Å². The third-order valence-electron chi connectivity index (χ3n) is 3.11. The zero-order valence-electron chi connectivity index (χ0n) is 10.5. The van der Waals surface area contributed by atoms with Crippen LogP contribution in [0.2, 0.25) is 5.02 Å². The van der Waals surface area contributed by atoms with Gasteiger partial charge in [0.05, 0.1) is 0 Å². The fourth-order valence-corrected chi connectivity index (χ4v) is 2.50. The fourth-order valence-electron chi connectivity index (χ4n) is 2.13. The van der Waals surface area contributed by atoms with Crippen LogP contribution < -0.4 is 0 Å². The van der Waals surface area contributed by atoms with Crippen LogP contribution in [0.15, 0.2) is 48.5 Å². The lowest BCUT2D eigenvalue weighted by Crippen LogP contribution is -2.11. The largest absolute Gasteiger partial charge is 0.207 e. The molecule has 3 heteroatoms. The molecule has 0 saturated carbocycles. The van der Waals surface area contributed by atoms with Gasteiger partial charge in [-0.2, -0.15) is 0 Å². The van der Waals surface area contributed by atoms with E-state index in [0.717, 1.165) is 6.42 Å². The van der Waals surface area contributed by atoms with Crippen molar-refractivity contribution in [2.75, 3.05) is 5.88 Å². The van der Waals surface area contributed by atoms with E-state index in [9.17, 15) is 4.39 Å². The molecule has 0 bridgehead atoms. The van der Waals surface area contributed by atoms with Gasteiger partial charge in [-0.3, -0.25) is 0 Å². The van der Waals surface area contributed by atoms with Crippen LogP contribution in [-0.2, 0) is 12.8 Å². The average Bonchev–Trinajstić information content (AvgIpc) is 2.42. The Labute approximate surface area is 123 Å². The van der Waals surface area contributed by atoms with Crippen molar-refractivity contribution in [3.63, 3.8) is 0 Å². The van der Waals surface area contributed by atoms with E-state index >= 15 is 0 Å². The third-order valence-corrected chi connectivity index (χ3v) is 3.78. The summed E-state index contributed by atoms with van der Waals surface area (Å²) in [6, 6.07) is 14.9. The molecule has 0 heterocycles. The summed E-state index contributed by atoms with van der Waals surface area (Å²) in [5.41, 5.74) is 1.90. The van der Waals surface area contributed by atoms with Crippen molar-refractivity contribution in [2.45, 2.75) is 12.8 Å². The second-order valence-corrected chi connectivity index (χ2v) is 5.39. The van der Waals surface area contributed by atoms with Crippen molar-refractivity contribution in [3.05, 3.63) is 70.5 Å². The van der Waals surface area contributed by atoms with Crippen molar-refractivity contribution in [1.82, 2.24) is 0 Å². The molecule has 0 aliphatic carbocycles. The molecule has 0 radical (unpaired) electrons. The number of alkyl halides is 1. The van der Waals surface area contributed by atoms with Crippen LogP contribution in [-0.4, -0.2) is 5.88 Å². The first-order valence-corrected chi connectivity index (χ1v) is 7.14. The van der Waals surface area contributed by atoms with Crippen molar-refractivity contribution < 1.29 is 4.39 Å². The van der Waals surface area contributed by atoms with Crippen LogP contribution in [0.25, 0.3) is 0 Å². The highest BCUT2D eigenvalue weighted by Crippen LogP contribution is 2.20. The normalized spacial score (nSPS) is 12.4. The quantitative estimate of drug-likeness (QED) is 0.672. The minimum atomic E-state index is -0.254. The molecule has 0 aliphatic heterocycles. The van der Waals surface area contributed by atoms with Crippen LogP contribution >= 0.6 is 23.2 Å². The number of hydrogen-bond acceptors (Lipinski definition) is 0. The third kappa shape index (κ3) is 4.22. The highest BCUT2D eigenvalue weighted by Gasteiger charge is 2.12. The van der Waals surface area contributed by atoms with Crippen LogP contribution in [0, 0.1) is 11.7 Å². The number of hydrogen-bond donors (Lipinski definition) is 0. The molecule has 2 rings (SSSR count).